The Bertz CT molecular complexity index is 734. The smallest absolute Gasteiger partial charge is 0.148 e. The van der Waals surface area contributed by atoms with E-state index in [0.717, 1.165) is 23.1 Å². The predicted molar refractivity (Wildman–Crippen MR) is 94.4 cm³/mol. The molecule has 116 valence electrons. The molecule has 0 unspecified atom stereocenters. The molecule has 0 atom stereocenters. The van der Waals surface area contributed by atoms with E-state index in [2.05, 4.69) is 39.1 Å². The summed E-state index contributed by atoms with van der Waals surface area (Å²) in [4.78, 5) is 15.2. The second-order valence-electron chi connectivity index (χ2n) is 5.20. The first-order valence-corrected chi connectivity index (χ1v) is 8.38. The van der Waals surface area contributed by atoms with E-state index in [0.29, 0.717) is 0 Å². The summed E-state index contributed by atoms with van der Waals surface area (Å²) in [5, 5.41) is 0.938. The predicted octanol–water partition coefficient (Wildman–Crippen LogP) is 3.80. The van der Waals surface area contributed by atoms with Gasteiger partial charge in [0.15, 0.2) is 0 Å². The minimum absolute atomic E-state index is 0.782. The number of hydrogen-bond donors (Lipinski definition) is 0. The zero-order valence-corrected chi connectivity index (χ0v) is 13.8. The van der Waals surface area contributed by atoms with E-state index in [1.54, 1.807) is 30.4 Å². The van der Waals surface area contributed by atoms with Crippen molar-refractivity contribution in [2.75, 3.05) is 11.9 Å². The van der Waals surface area contributed by atoms with Crippen molar-refractivity contribution in [3.63, 3.8) is 0 Å². The molecule has 0 radical (unpaired) electrons. The van der Waals surface area contributed by atoms with Crippen LogP contribution in [0.4, 0.5) is 5.82 Å². The van der Waals surface area contributed by atoms with Gasteiger partial charge in [-0.1, -0.05) is 30.3 Å². The van der Waals surface area contributed by atoms with Crippen molar-refractivity contribution in [2.45, 2.75) is 17.3 Å². The first kappa shape index (κ1) is 15.5. The van der Waals surface area contributed by atoms with Crippen LogP contribution in [0, 0.1) is 0 Å². The lowest BCUT2D eigenvalue weighted by molar-refractivity contribution is 0.868. The molecule has 0 aliphatic heterocycles. The van der Waals surface area contributed by atoms with Gasteiger partial charge in [-0.05, 0) is 23.3 Å². The minimum atomic E-state index is 0.782. The molecular formula is C18H18N4S. The van der Waals surface area contributed by atoms with Gasteiger partial charge < -0.3 is 4.90 Å². The second kappa shape index (κ2) is 7.74. The van der Waals surface area contributed by atoms with Crippen LogP contribution in [0.3, 0.4) is 0 Å². The molecule has 0 fully saturated rings. The Morgan fingerprint density at radius 3 is 2.48 bits per heavy atom. The fourth-order valence-electron chi connectivity index (χ4n) is 2.17. The number of pyridine rings is 1. The summed E-state index contributed by atoms with van der Waals surface area (Å²) in [6.45, 7) is 0.782. The molecule has 0 spiro atoms. The Labute approximate surface area is 140 Å². The van der Waals surface area contributed by atoms with E-state index in [1.165, 1.54) is 11.1 Å². The SMILES string of the molecule is CN(Cc1ccncc1)c1cncc(SCc2ccccc2)n1. The molecule has 23 heavy (non-hydrogen) atoms. The zero-order chi connectivity index (χ0) is 15.9. The number of rotatable bonds is 6. The Morgan fingerprint density at radius 1 is 0.913 bits per heavy atom. The summed E-state index contributed by atoms with van der Waals surface area (Å²) in [5.41, 5.74) is 2.49. The molecule has 0 aliphatic rings. The number of anilines is 1. The van der Waals surface area contributed by atoms with E-state index in [1.807, 2.05) is 31.4 Å². The summed E-state index contributed by atoms with van der Waals surface area (Å²) in [5.74, 6) is 1.77. The second-order valence-corrected chi connectivity index (χ2v) is 6.20. The van der Waals surface area contributed by atoms with Crippen molar-refractivity contribution in [3.05, 3.63) is 78.4 Å². The zero-order valence-electron chi connectivity index (χ0n) is 13.0. The van der Waals surface area contributed by atoms with Crippen molar-refractivity contribution in [1.82, 2.24) is 15.0 Å². The summed E-state index contributed by atoms with van der Waals surface area (Å²) < 4.78 is 0. The lowest BCUT2D eigenvalue weighted by Gasteiger charge is -2.18. The van der Waals surface area contributed by atoms with Crippen molar-refractivity contribution >= 4 is 17.6 Å². The molecule has 1 aromatic carbocycles. The van der Waals surface area contributed by atoms with E-state index < -0.39 is 0 Å². The van der Waals surface area contributed by atoms with Crippen LogP contribution in [-0.4, -0.2) is 22.0 Å². The van der Waals surface area contributed by atoms with Gasteiger partial charge in [0.2, 0.25) is 0 Å². The summed E-state index contributed by atoms with van der Waals surface area (Å²) in [7, 11) is 2.02. The van der Waals surface area contributed by atoms with Gasteiger partial charge in [-0.15, -0.1) is 11.8 Å². The van der Waals surface area contributed by atoms with Crippen molar-refractivity contribution in [1.29, 1.82) is 0 Å². The maximum atomic E-state index is 4.69. The van der Waals surface area contributed by atoms with Crippen molar-refractivity contribution in [3.8, 4) is 0 Å². The average molecular weight is 322 g/mol. The third kappa shape index (κ3) is 4.53. The van der Waals surface area contributed by atoms with Gasteiger partial charge in [0.05, 0.1) is 12.4 Å². The molecule has 0 saturated heterocycles. The summed E-state index contributed by atoms with van der Waals surface area (Å²) in [6.07, 6.45) is 7.23. The Balaban J connectivity index is 1.64. The molecular weight excluding hydrogens is 304 g/mol. The highest BCUT2D eigenvalue weighted by molar-refractivity contribution is 7.98. The standard InChI is InChI=1S/C18H18N4S/c1-22(13-15-7-9-19-10-8-15)17-11-20-12-18(21-17)23-14-16-5-3-2-4-6-16/h2-12H,13-14H2,1H3. The highest BCUT2D eigenvalue weighted by atomic mass is 32.2. The maximum absolute atomic E-state index is 4.69. The highest BCUT2D eigenvalue weighted by Crippen LogP contribution is 2.22. The number of nitrogens with zero attached hydrogens (tertiary/aromatic N) is 4. The number of hydrogen-bond acceptors (Lipinski definition) is 5. The minimum Gasteiger partial charge on any atom is -0.354 e. The molecule has 0 N–H and O–H groups in total. The van der Waals surface area contributed by atoms with Crippen LogP contribution >= 0.6 is 11.8 Å². The van der Waals surface area contributed by atoms with Crippen LogP contribution in [-0.2, 0) is 12.3 Å². The van der Waals surface area contributed by atoms with Gasteiger partial charge >= 0.3 is 0 Å². The highest BCUT2D eigenvalue weighted by Gasteiger charge is 2.06. The third-order valence-electron chi connectivity index (χ3n) is 3.39. The van der Waals surface area contributed by atoms with E-state index in [9.17, 15) is 0 Å². The normalized spacial score (nSPS) is 10.5. The van der Waals surface area contributed by atoms with Crippen LogP contribution in [0.2, 0.25) is 0 Å². The number of aromatic nitrogens is 3. The van der Waals surface area contributed by atoms with E-state index in [-0.39, 0.29) is 0 Å². The molecule has 4 nitrogen and oxygen atoms in total. The van der Waals surface area contributed by atoms with E-state index in [4.69, 9.17) is 4.98 Å². The van der Waals surface area contributed by atoms with Crippen molar-refractivity contribution in [2.24, 2.45) is 0 Å². The molecule has 0 aliphatic carbocycles. The van der Waals surface area contributed by atoms with E-state index >= 15 is 0 Å². The maximum Gasteiger partial charge on any atom is 0.148 e. The fourth-order valence-corrected chi connectivity index (χ4v) is 2.97. The Morgan fingerprint density at radius 2 is 1.70 bits per heavy atom. The molecule has 3 rings (SSSR count). The summed E-state index contributed by atoms with van der Waals surface area (Å²) in [6, 6.07) is 14.4. The van der Waals surface area contributed by atoms with Crippen molar-refractivity contribution < 1.29 is 0 Å². The van der Waals surface area contributed by atoms with Crippen LogP contribution < -0.4 is 4.90 Å². The van der Waals surface area contributed by atoms with Gasteiger partial charge in [0.25, 0.3) is 0 Å². The van der Waals surface area contributed by atoms with Crippen LogP contribution in [0.25, 0.3) is 0 Å². The Kier molecular flexibility index (Phi) is 5.21. The van der Waals surface area contributed by atoms with Gasteiger partial charge in [-0.3, -0.25) is 9.97 Å². The largest absolute Gasteiger partial charge is 0.354 e. The van der Waals surface area contributed by atoms with Gasteiger partial charge in [-0.2, -0.15) is 0 Å². The molecule has 0 saturated carbocycles. The summed E-state index contributed by atoms with van der Waals surface area (Å²) >= 11 is 1.70. The van der Waals surface area contributed by atoms with Crippen LogP contribution in [0.5, 0.6) is 0 Å². The Hall–Kier alpha value is -2.40. The number of benzene rings is 1. The lowest BCUT2D eigenvalue weighted by atomic mass is 10.2. The first-order chi connectivity index (χ1) is 11.3. The fraction of sp³-hybridized carbons (Fsp3) is 0.167. The van der Waals surface area contributed by atoms with Crippen LogP contribution in [0.1, 0.15) is 11.1 Å². The molecule has 3 aromatic rings. The molecule has 2 aromatic heterocycles. The number of thioether (sulfide) groups is 1. The molecule has 0 amide bonds. The monoisotopic (exact) mass is 322 g/mol. The van der Waals surface area contributed by atoms with Gasteiger partial charge in [0, 0.05) is 31.7 Å². The topological polar surface area (TPSA) is 41.9 Å². The van der Waals surface area contributed by atoms with Crippen LogP contribution in [0.15, 0.2) is 72.3 Å². The van der Waals surface area contributed by atoms with Gasteiger partial charge in [-0.25, -0.2) is 4.98 Å². The molecule has 2 heterocycles. The third-order valence-corrected chi connectivity index (χ3v) is 4.36. The average Bonchev–Trinajstić information content (AvgIpc) is 2.62. The quantitative estimate of drug-likeness (QED) is 0.646. The van der Waals surface area contributed by atoms with Gasteiger partial charge in [0.1, 0.15) is 10.8 Å². The molecule has 5 heteroatoms. The first-order valence-electron chi connectivity index (χ1n) is 7.40. The molecule has 0 bridgehead atoms. The lowest BCUT2D eigenvalue weighted by Crippen LogP contribution is -2.18.